The summed E-state index contributed by atoms with van der Waals surface area (Å²) in [5, 5.41) is 4.79. The highest BCUT2D eigenvalue weighted by Gasteiger charge is 2.50. The van der Waals surface area contributed by atoms with Crippen LogP contribution in [0.15, 0.2) is 91.0 Å². The van der Waals surface area contributed by atoms with Crippen molar-refractivity contribution < 1.29 is 28.3 Å². The first-order valence-electron chi connectivity index (χ1n) is 17.0. The van der Waals surface area contributed by atoms with Crippen LogP contribution in [0.1, 0.15) is 72.8 Å². The molecule has 0 spiro atoms. The first kappa shape index (κ1) is 38.6. The first-order chi connectivity index (χ1) is 22.8. The standard InChI is InChI=1S/C40H53NO6Si/c1-29(2)25-36(41-38(44)32(26-30(3)42)24-23-31-17-11-8-12-18-31)37(43)27-33(39(45)46-7)28-47-48(40(4,5)6,34-19-13-9-14-20-34)35-21-15-10-16-22-35/h8-22,29,32-33,36H,23-28H2,1-7H3,(H,41,44)/t32-,33+,36+/m1/s1. The minimum absolute atomic E-state index is 0.0158. The summed E-state index contributed by atoms with van der Waals surface area (Å²) in [6.07, 6.45) is 1.47. The molecule has 0 saturated carbocycles. The highest BCUT2D eigenvalue weighted by Crippen LogP contribution is 2.37. The number of hydrogen-bond acceptors (Lipinski definition) is 6. The molecule has 0 radical (unpaired) electrons. The van der Waals surface area contributed by atoms with Gasteiger partial charge in [0.25, 0.3) is 8.32 Å². The van der Waals surface area contributed by atoms with Gasteiger partial charge >= 0.3 is 5.97 Å². The maximum absolute atomic E-state index is 14.0. The number of amides is 1. The van der Waals surface area contributed by atoms with Gasteiger partial charge in [-0.15, -0.1) is 0 Å². The van der Waals surface area contributed by atoms with Crippen LogP contribution < -0.4 is 15.7 Å². The van der Waals surface area contributed by atoms with E-state index in [0.29, 0.717) is 19.3 Å². The molecule has 8 heteroatoms. The number of benzene rings is 3. The molecule has 258 valence electrons. The Labute approximate surface area is 288 Å². The summed E-state index contributed by atoms with van der Waals surface area (Å²) in [4.78, 5) is 53.0. The van der Waals surface area contributed by atoms with E-state index in [4.69, 9.17) is 9.16 Å². The largest absolute Gasteiger partial charge is 0.469 e. The fraction of sp³-hybridized carbons (Fsp3) is 0.450. The highest BCUT2D eigenvalue weighted by atomic mass is 28.4. The summed E-state index contributed by atoms with van der Waals surface area (Å²) in [7, 11) is -1.68. The zero-order valence-corrected chi connectivity index (χ0v) is 30.7. The van der Waals surface area contributed by atoms with Crippen molar-refractivity contribution in [1.29, 1.82) is 0 Å². The number of nitrogens with one attached hydrogen (secondary N) is 1. The molecule has 1 N–H and O–H groups in total. The lowest BCUT2D eigenvalue weighted by Gasteiger charge is -2.43. The average molecular weight is 672 g/mol. The Hall–Kier alpha value is -3.88. The van der Waals surface area contributed by atoms with E-state index in [1.807, 2.05) is 80.6 Å². The minimum Gasteiger partial charge on any atom is -0.469 e. The van der Waals surface area contributed by atoms with Crippen molar-refractivity contribution in [3.8, 4) is 0 Å². The van der Waals surface area contributed by atoms with E-state index < -0.39 is 32.2 Å². The molecular formula is C40H53NO6Si. The van der Waals surface area contributed by atoms with Crippen molar-refractivity contribution in [3.05, 3.63) is 96.6 Å². The van der Waals surface area contributed by atoms with Crippen LogP contribution >= 0.6 is 0 Å². The van der Waals surface area contributed by atoms with Gasteiger partial charge in [0, 0.05) is 25.4 Å². The number of ketones is 2. The molecule has 0 bridgehead atoms. The average Bonchev–Trinajstić information content (AvgIpc) is 3.06. The zero-order chi connectivity index (χ0) is 35.3. The number of rotatable bonds is 18. The number of carbonyl (C=O) groups is 4. The number of Topliss-reactive ketones (excluding diaryl/α,β-unsaturated/α-hetero) is 2. The first-order valence-corrected chi connectivity index (χ1v) is 18.9. The van der Waals surface area contributed by atoms with Gasteiger partial charge in [0.15, 0.2) is 5.78 Å². The summed E-state index contributed by atoms with van der Waals surface area (Å²) in [6.45, 7) is 11.9. The molecule has 0 saturated heterocycles. The van der Waals surface area contributed by atoms with E-state index in [0.717, 1.165) is 15.9 Å². The molecule has 7 nitrogen and oxygen atoms in total. The van der Waals surface area contributed by atoms with Crippen LogP contribution in [0.5, 0.6) is 0 Å². The Kier molecular flexibility index (Phi) is 14.5. The number of esters is 1. The monoisotopic (exact) mass is 671 g/mol. The summed E-state index contributed by atoms with van der Waals surface area (Å²) >= 11 is 0. The molecular weight excluding hydrogens is 619 g/mol. The molecule has 3 aromatic rings. The molecule has 3 atom stereocenters. The van der Waals surface area contributed by atoms with Crippen LogP contribution in [-0.2, 0) is 34.8 Å². The van der Waals surface area contributed by atoms with Crippen LogP contribution in [0, 0.1) is 17.8 Å². The number of aryl methyl sites for hydroxylation is 1. The molecule has 0 aliphatic heterocycles. The fourth-order valence-electron chi connectivity index (χ4n) is 6.44. The van der Waals surface area contributed by atoms with Crippen molar-refractivity contribution in [2.75, 3.05) is 13.7 Å². The fourth-order valence-corrected chi connectivity index (χ4v) is 11.0. The molecule has 3 rings (SSSR count). The molecule has 0 aromatic heterocycles. The van der Waals surface area contributed by atoms with Gasteiger partial charge < -0.3 is 19.3 Å². The summed E-state index contributed by atoms with van der Waals surface area (Å²) < 4.78 is 12.2. The van der Waals surface area contributed by atoms with Crippen LogP contribution in [0.2, 0.25) is 5.04 Å². The Morgan fingerprint density at radius 3 is 1.75 bits per heavy atom. The van der Waals surface area contributed by atoms with Crippen molar-refractivity contribution in [2.45, 2.75) is 84.7 Å². The lowest BCUT2D eigenvalue weighted by Crippen LogP contribution is -2.67. The predicted octanol–water partition coefficient (Wildman–Crippen LogP) is 6.07. The summed E-state index contributed by atoms with van der Waals surface area (Å²) in [5.74, 6) is -2.54. The van der Waals surface area contributed by atoms with Crippen molar-refractivity contribution in [3.63, 3.8) is 0 Å². The molecule has 1 amide bonds. The van der Waals surface area contributed by atoms with Gasteiger partial charge in [-0.2, -0.15) is 0 Å². The van der Waals surface area contributed by atoms with Crippen molar-refractivity contribution >= 4 is 42.1 Å². The van der Waals surface area contributed by atoms with E-state index in [9.17, 15) is 19.2 Å². The maximum atomic E-state index is 14.0. The smallest absolute Gasteiger partial charge is 0.311 e. The maximum Gasteiger partial charge on any atom is 0.311 e. The molecule has 0 unspecified atom stereocenters. The number of carbonyl (C=O) groups excluding carboxylic acids is 4. The second-order valence-corrected chi connectivity index (χ2v) is 18.5. The van der Waals surface area contributed by atoms with Crippen LogP contribution in [0.4, 0.5) is 0 Å². The Bertz CT molecular complexity index is 1430. The number of ether oxygens (including phenoxy) is 1. The van der Waals surface area contributed by atoms with Crippen LogP contribution in [0.3, 0.4) is 0 Å². The van der Waals surface area contributed by atoms with Gasteiger partial charge in [-0.1, -0.05) is 126 Å². The van der Waals surface area contributed by atoms with E-state index >= 15 is 0 Å². The van der Waals surface area contributed by atoms with Crippen LogP contribution in [0.25, 0.3) is 0 Å². The van der Waals surface area contributed by atoms with E-state index in [2.05, 4.69) is 50.4 Å². The molecule has 0 heterocycles. The molecule has 0 aliphatic rings. The quantitative estimate of drug-likeness (QED) is 0.130. The lowest BCUT2D eigenvalue weighted by molar-refractivity contribution is -0.148. The topological polar surface area (TPSA) is 98.8 Å². The number of hydrogen-bond donors (Lipinski definition) is 1. The predicted molar refractivity (Wildman–Crippen MR) is 194 cm³/mol. The van der Waals surface area contributed by atoms with Crippen molar-refractivity contribution in [2.24, 2.45) is 17.8 Å². The second-order valence-electron chi connectivity index (χ2n) is 14.2. The van der Waals surface area contributed by atoms with Crippen LogP contribution in [-0.4, -0.2) is 51.5 Å². The lowest BCUT2D eigenvalue weighted by atomic mass is 9.91. The molecule has 0 aliphatic carbocycles. The van der Waals surface area contributed by atoms with E-state index in [1.54, 1.807) is 0 Å². The van der Waals surface area contributed by atoms with Crippen molar-refractivity contribution in [1.82, 2.24) is 5.32 Å². The van der Waals surface area contributed by atoms with Gasteiger partial charge in [0.2, 0.25) is 5.91 Å². The van der Waals surface area contributed by atoms with Gasteiger partial charge in [-0.25, -0.2) is 0 Å². The Morgan fingerprint density at radius 2 is 1.29 bits per heavy atom. The Morgan fingerprint density at radius 1 is 0.771 bits per heavy atom. The van der Waals surface area contributed by atoms with E-state index in [-0.39, 0.29) is 47.9 Å². The zero-order valence-electron chi connectivity index (χ0n) is 29.7. The third kappa shape index (κ3) is 10.6. The Balaban J connectivity index is 1.87. The minimum atomic E-state index is -2.99. The molecule has 3 aromatic carbocycles. The van der Waals surface area contributed by atoms with E-state index in [1.165, 1.54) is 14.0 Å². The van der Waals surface area contributed by atoms with Gasteiger partial charge in [0.05, 0.1) is 19.1 Å². The third-order valence-electron chi connectivity index (χ3n) is 8.84. The number of methoxy groups -OCH3 is 1. The molecule has 0 fully saturated rings. The van der Waals surface area contributed by atoms with Gasteiger partial charge in [-0.05, 0) is 53.1 Å². The van der Waals surface area contributed by atoms with Gasteiger partial charge in [0.1, 0.15) is 5.78 Å². The SMILES string of the molecule is COC(=O)[C@H](CO[Si](c1ccccc1)(c1ccccc1)C(C)(C)C)CC(=O)[C@H](CC(C)C)NC(=O)[C@H](CCc1ccccc1)CC(C)=O. The molecule has 48 heavy (non-hydrogen) atoms. The highest BCUT2D eigenvalue weighted by molar-refractivity contribution is 6.99. The van der Waals surface area contributed by atoms with Gasteiger partial charge in [-0.3, -0.25) is 14.4 Å². The third-order valence-corrected chi connectivity index (χ3v) is 13.8. The normalized spacial score (nSPS) is 13.8. The second kappa shape index (κ2) is 18.0. The summed E-state index contributed by atoms with van der Waals surface area (Å²) in [5.41, 5.74) is 1.08. The summed E-state index contributed by atoms with van der Waals surface area (Å²) in [6, 6.07) is 29.2.